The minimum Gasteiger partial charge on any atom is -0.421 e. The zero-order valence-corrected chi connectivity index (χ0v) is 6.23. The molecule has 0 saturated carbocycles. The highest BCUT2D eigenvalue weighted by molar-refractivity contribution is 6.27. The molecule has 0 N–H and O–H groups in total. The summed E-state index contributed by atoms with van der Waals surface area (Å²) in [7, 11) is -0.0390. The van der Waals surface area contributed by atoms with Crippen LogP contribution in [-0.2, 0) is 4.43 Å². The van der Waals surface area contributed by atoms with Gasteiger partial charge in [-0.3, -0.25) is 0 Å². The molecule has 0 radical (unpaired) electrons. The van der Waals surface area contributed by atoms with Crippen molar-refractivity contribution in [3.05, 3.63) is 0 Å². The lowest BCUT2D eigenvalue weighted by Crippen LogP contribution is -2.16. The lowest BCUT2D eigenvalue weighted by molar-refractivity contribution is 0.202. The van der Waals surface area contributed by atoms with Gasteiger partial charge in [0.2, 0.25) is 0 Å². The first kappa shape index (κ1) is 5.32. The van der Waals surface area contributed by atoms with Crippen molar-refractivity contribution in [1.82, 2.24) is 0 Å². The predicted molar refractivity (Wildman–Crippen MR) is 33.1 cm³/mol. The molecule has 2 heteroatoms. The molecule has 1 aliphatic heterocycles. The average Bonchev–Trinajstić information content (AvgIpc) is 1.69. The number of hydrogen-bond acceptors (Lipinski definition) is 1. The largest absolute Gasteiger partial charge is 0.421 e. The maximum Gasteiger partial charge on any atom is 0.161 e. The van der Waals surface area contributed by atoms with Crippen molar-refractivity contribution in [2.45, 2.75) is 31.9 Å². The van der Waals surface area contributed by atoms with Crippen LogP contribution in [0.15, 0.2) is 0 Å². The lowest BCUT2D eigenvalue weighted by atomic mass is 10.2. The summed E-state index contributed by atoms with van der Waals surface area (Å²) in [6.07, 6.45) is 3.32. The summed E-state index contributed by atoms with van der Waals surface area (Å²) in [4.78, 5) is 0. The van der Waals surface area contributed by atoms with Crippen LogP contribution in [-0.4, -0.2) is 15.9 Å². The zero-order chi connectivity index (χ0) is 5.11. The van der Waals surface area contributed by atoms with Gasteiger partial charge in [0.1, 0.15) is 0 Å². The van der Waals surface area contributed by atoms with Crippen LogP contribution in [0, 0.1) is 0 Å². The quantitative estimate of drug-likeness (QED) is 0.423. The van der Waals surface area contributed by atoms with Gasteiger partial charge in [0.05, 0.1) is 0 Å². The van der Waals surface area contributed by atoms with Crippen molar-refractivity contribution in [2.24, 2.45) is 0 Å². The molecular weight excluding hydrogens is 104 g/mol. The van der Waals surface area contributed by atoms with Crippen molar-refractivity contribution >= 4 is 9.76 Å². The minimum absolute atomic E-state index is 0.0390. The van der Waals surface area contributed by atoms with Crippen molar-refractivity contribution in [2.75, 3.05) is 0 Å². The highest BCUT2D eigenvalue weighted by Crippen LogP contribution is 2.09. The van der Waals surface area contributed by atoms with E-state index in [1.165, 1.54) is 18.9 Å². The van der Waals surface area contributed by atoms with Gasteiger partial charge in [-0.15, -0.1) is 0 Å². The van der Waals surface area contributed by atoms with E-state index in [1.807, 2.05) is 0 Å². The summed E-state index contributed by atoms with van der Waals surface area (Å²) >= 11 is 0. The molecule has 1 unspecified atom stereocenters. The summed E-state index contributed by atoms with van der Waals surface area (Å²) in [6, 6.07) is 1.41. The topological polar surface area (TPSA) is 9.23 Å². The second kappa shape index (κ2) is 2.48. The Hall–Kier alpha value is 0.177. The van der Waals surface area contributed by atoms with Crippen molar-refractivity contribution in [1.29, 1.82) is 0 Å². The summed E-state index contributed by atoms with van der Waals surface area (Å²) in [5.41, 5.74) is 0. The van der Waals surface area contributed by atoms with E-state index in [9.17, 15) is 0 Å². The van der Waals surface area contributed by atoms with Gasteiger partial charge in [-0.05, 0) is 19.4 Å². The Balaban J connectivity index is 2.12. The van der Waals surface area contributed by atoms with E-state index < -0.39 is 0 Å². The number of hydrogen-bond donors (Lipinski definition) is 0. The van der Waals surface area contributed by atoms with Crippen molar-refractivity contribution < 1.29 is 4.43 Å². The van der Waals surface area contributed by atoms with Crippen LogP contribution in [0.5, 0.6) is 0 Å². The van der Waals surface area contributed by atoms with E-state index in [0.29, 0.717) is 6.10 Å². The molecule has 1 heterocycles. The standard InChI is InChI=1S/C5H12OSi/c1-5-3-2-4-7-6-5/h5H,2-4,7H2,1H3. The summed E-state index contributed by atoms with van der Waals surface area (Å²) in [5, 5.41) is 0. The Morgan fingerprint density at radius 1 is 1.71 bits per heavy atom. The van der Waals surface area contributed by atoms with Gasteiger partial charge in [-0.25, -0.2) is 0 Å². The Morgan fingerprint density at radius 2 is 2.57 bits per heavy atom. The second-order valence-electron chi connectivity index (χ2n) is 2.18. The molecular formula is C5H12OSi. The van der Waals surface area contributed by atoms with Gasteiger partial charge >= 0.3 is 0 Å². The molecule has 42 valence electrons. The van der Waals surface area contributed by atoms with Crippen molar-refractivity contribution in [3.63, 3.8) is 0 Å². The Bertz CT molecular complexity index is 50.0. The number of rotatable bonds is 0. The monoisotopic (exact) mass is 116 g/mol. The fourth-order valence-corrected chi connectivity index (χ4v) is 2.13. The third-order valence-electron chi connectivity index (χ3n) is 1.41. The van der Waals surface area contributed by atoms with Crippen LogP contribution in [0.3, 0.4) is 0 Å². The van der Waals surface area contributed by atoms with Gasteiger partial charge in [-0.1, -0.05) is 6.42 Å². The normalized spacial score (nSPS) is 36.4. The van der Waals surface area contributed by atoms with Gasteiger partial charge in [-0.2, -0.15) is 0 Å². The second-order valence-corrected chi connectivity index (χ2v) is 3.63. The Labute approximate surface area is 47.0 Å². The first-order valence-corrected chi connectivity index (χ1v) is 4.59. The molecule has 0 aliphatic carbocycles. The van der Waals surface area contributed by atoms with Crippen molar-refractivity contribution in [3.8, 4) is 0 Å². The zero-order valence-electron chi connectivity index (χ0n) is 4.81. The van der Waals surface area contributed by atoms with E-state index in [0.717, 1.165) is 0 Å². The van der Waals surface area contributed by atoms with E-state index >= 15 is 0 Å². The molecule has 0 amide bonds. The van der Waals surface area contributed by atoms with Crippen LogP contribution in [0.4, 0.5) is 0 Å². The van der Waals surface area contributed by atoms with Crippen LogP contribution >= 0.6 is 0 Å². The first-order valence-electron chi connectivity index (χ1n) is 3.01. The van der Waals surface area contributed by atoms with Gasteiger partial charge in [0.25, 0.3) is 0 Å². The first-order chi connectivity index (χ1) is 3.39. The van der Waals surface area contributed by atoms with E-state index in [1.54, 1.807) is 0 Å². The van der Waals surface area contributed by atoms with E-state index in [-0.39, 0.29) is 9.76 Å². The van der Waals surface area contributed by atoms with E-state index in [2.05, 4.69) is 6.92 Å². The molecule has 0 spiro atoms. The Kier molecular flexibility index (Phi) is 1.88. The molecule has 0 aromatic rings. The molecule has 1 rings (SSSR count). The highest BCUT2D eigenvalue weighted by Gasteiger charge is 2.06. The summed E-state index contributed by atoms with van der Waals surface area (Å²) < 4.78 is 5.42. The smallest absolute Gasteiger partial charge is 0.161 e. The third-order valence-corrected chi connectivity index (χ3v) is 3.00. The lowest BCUT2D eigenvalue weighted by Gasteiger charge is -2.17. The van der Waals surface area contributed by atoms with Crippen LogP contribution < -0.4 is 0 Å². The Morgan fingerprint density at radius 3 is 2.86 bits per heavy atom. The SMILES string of the molecule is CC1CCC[SiH2]O1. The van der Waals surface area contributed by atoms with Crippen LogP contribution in [0.2, 0.25) is 6.04 Å². The fourth-order valence-electron chi connectivity index (χ4n) is 0.902. The summed E-state index contributed by atoms with van der Waals surface area (Å²) in [6.45, 7) is 2.17. The molecule has 7 heavy (non-hydrogen) atoms. The maximum atomic E-state index is 5.42. The van der Waals surface area contributed by atoms with Crippen LogP contribution in [0.25, 0.3) is 0 Å². The van der Waals surface area contributed by atoms with Gasteiger partial charge in [0.15, 0.2) is 9.76 Å². The molecule has 1 fully saturated rings. The molecule has 0 aromatic carbocycles. The van der Waals surface area contributed by atoms with Gasteiger partial charge in [0, 0.05) is 6.10 Å². The molecule has 0 aromatic heterocycles. The third kappa shape index (κ3) is 1.61. The fraction of sp³-hybridized carbons (Fsp3) is 1.00. The molecule has 1 atom stereocenters. The molecule has 1 saturated heterocycles. The molecule has 1 nitrogen and oxygen atoms in total. The highest BCUT2D eigenvalue weighted by atomic mass is 28.2. The van der Waals surface area contributed by atoms with Crippen LogP contribution in [0.1, 0.15) is 19.8 Å². The maximum absolute atomic E-state index is 5.42. The van der Waals surface area contributed by atoms with Gasteiger partial charge < -0.3 is 4.43 Å². The predicted octanol–water partition coefficient (Wildman–Crippen LogP) is 0.687. The van der Waals surface area contributed by atoms with E-state index in [4.69, 9.17) is 4.43 Å². The molecule has 0 bridgehead atoms. The molecule has 1 aliphatic rings. The summed E-state index contributed by atoms with van der Waals surface area (Å²) in [5.74, 6) is 0. The average molecular weight is 116 g/mol. The minimum atomic E-state index is -0.0390.